The number of nitrogens with two attached hydrogens (primary N) is 1. The van der Waals surface area contributed by atoms with Crippen molar-refractivity contribution in [2.45, 2.75) is 32.7 Å². The number of Topliss-reactive ketones (excluding diaryl/α,β-unsaturated/α-hetero) is 1. The van der Waals surface area contributed by atoms with Gasteiger partial charge in [0.2, 0.25) is 0 Å². The van der Waals surface area contributed by atoms with E-state index in [2.05, 4.69) is 0 Å². The third kappa shape index (κ3) is 3.49. The van der Waals surface area contributed by atoms with Gasteiger partial charge in [-0.1, -0.05) is 6.92 Å². The molecule has 0 aromatic rings. The lowest BCUT2D eigenvalue weighted by Gasteiger charge is -2.17. The van der Waals surface area contributed by atoms with Gasteiger partial charge in [0.15, 0.2) is 0 Å². The molecule has 0 fully saturated rings. The van der Waals surface area contributed by atoms with Gasteiger partial charge >= 0.3 is 0 Å². The normalized spacial score (nSPS) is 15.6. The number of halogens is 1. The predicted molar refractivity (Wildman–Crippen MR) is 40.8 cm³/mol. The van der Waals surface area contributed by atoms with Crippen LogP contribution in [-0.2, 0) is 4.79 Å². The highest BCUT2D eigenvalue weighted by Crippen LogP contribution is 2.04. The second-order valence-electron chi connectivity index (χ2n) is 2.33. The molecule has 1 atom stereocenters. The van der Waals surface area contributed by atoms with Gasteiger partial charge in [0.25, 0.3) is 0 Å². The molecule has 0 aliphatic carbocycles. The minimum Gasteiger partial charge on any atom is -0.319 e. The molecule has 0 heterocycles. The Labute approximate surface area is 62.2 Å². The SMILES string of the molecule is CCC(C)(N)C(C)=O.Cl. The van der Waals surface area contributed by atoms with Gasteiger partial charge in [-0.25, -0.2) is 0 Å². The van der Waals surface area contributed by atoms with E-state index >= 15 is 0 Å². The Hall–Kier alpha value is -0.0800. The monoisotopic (exact) mass is 151 g/mol. The Kier molecular flexibility index (Phi) is 5.00. The highest BCUT2D eigenvalue weighted by atomic mass is 35.5. The van der Waals surface area contributed by atoms with Crippen molar-refractivity contribution in [3.8, 4) is 0 Å². The summed E-state index contributed by atoms with van der Waals surface area (Å²) in [7, 11) is 0. The van der Waals surface area contributed by atoms with Crippen molar-refractivity contribution in [1.82, 2.24) is 0 Å². The molecular formula is C6H14ClNO. The van der Waals surface area contributed by atoms with Crippen molar-refractivity contribution in [2.24, 2.45) is 5.73 Å². The number of hydrogen-bond donors (Lipinski definition) is 1. The summed E-state index contributed by atoms with van der Waals surface area (Å²) in [5, 5.41) is 0. The van der Waals surface area contributed by atoms with Crippen LogP contribution < -0.4 is 5.73 Å². The molecule has 2 nitrogen and oxygen atoms in total. The zero-order chi connectivity index (χ0) is 6.78. The Morgan fingerprint density at radius 1 is 1.67 bits per heavy atom. The number of carbonyl (C=O) groups excluding carboxylic acids is 1. The molecule has 1 unspecified atom stereocenters. The standard InChI is InChI=1S/C6H13NO.ClH/c1-4-6(3,7)5(2)8;/h4,7H2,1-3H3;1H. The Balaban J connectivity index is 0. The lowest BCUT2D eigenvalue weighted by molar-refractivity contribution is -0.121. The van der Waals surface area contributed by atoms with Crippen LogP contribution in [0.2, 0.25) is 0 Å². The van der Waals surface area contributed by atoms with Crippen molar-refractivity contribution in [2.75, 3.05) is 0 Å². The van der Waals surface area contributed by atoms with Gasteiger partial charge in [-0.15, -0.1) is 12.4 Å². The molecule has 0 saturated carbocycles. The molecule has 0 rings (SSSR count). The van der Waals surface area contributed by atoms with E-state index in [1.807, 2.05) is 6.92 Å². The fourth-order valence-corrected chi connectivity index (χ4v) is 0.249. The average molecular weight is 152 g/mol. The van der Waals surface area contributed by atoms with Gasteiger partial charge in [-0.3, -0.25) is 4.79 Å². The first-order valence-electron chi connectivity index (χ1n) is 2.80. The minimum absolute atomic E-state index is 0. The lowest BCUT2D eigenvalue weighted by atomic mass is 9.96. The van der Waals surface area contributed by atoms with Crippen LogP contribution in [0.3, 0.4) is 0 Å². The summed E-state index contributed by atoms with van der Waals surface area (Å²) in [5.41, 5.74) is 4.91. The quantitative estimate of drug-likeness (QED) is 0.643. The average Bonchev–Trinajstić information content (AvgIpc) is 1.67. The van der Waals surface area contributed by atoms with Gasteiger partial charge in [-0.2, -0.15) is 0 Å². The van der Waals surface area contributed by atoms with E-state index in [1.165, 1.54) is 6.92 Å². The first kappa shape index (κ1) is 11.7. The summed E-state index contributed by atoms with van der Waals surface area (Å²) in [4.78, 5) is 10.6. The first-order chi connectivity index (χ1) is 3.50. The van der Waals surface area contributed by atoms with Crippen molar-refractivity contribution in [1.29, 1.82) is 0 Å². The molecular weight excluding hydrogens is 138 g/mol. The highest BCUT2D eigenvalue weighted by molar-refractivity contribution is 5.85. The predicted octanol–water partition coefficient (Wildman–Crippen LogP) is 1.12. The molecule has 9 heavy (non-hydrogen) atoms. The third-order valence-corrected chi connectivity index (χ3v) is 1.54. The zero-order valence-electron chi connectivity index (χ0n) is 6.10. The number of hydrogen-bond acceptors (Lipinski definition) is 2. The second kappa shape index (κ2) is 3.85. The summed E-state index contributed by atoms with van der Waals surface area (Å²) in [5.74, 6) is 0.0556. The van der Waals surface area contributed by atoms with Crippen LogP contribution in [0.1, 0.15) is 27.2 Å². The molecule has 0 aliphatic heterocycles. The molecule has 3 heteroatoms. The summed E-state index contributed by atoms with van der Waals surface area (Å²) >= 11 is 0. The van der Waals surface area contributed by atoms with Crippen LogP contribution in [0, 0.1) is 0 Å². The number of rotatable bonds is 2. The van der Waals surface area contributed by atoms with Crippen LogP contribution in [0.15, 0.2) is 0 Å². The van der Waals surface area contributed by atoms with E-state index in [9.17, 15) is 4.79 Å². The maximum absolute atomic E-state index is 10.6. The van der Waals surface area contributed by atoms with E-state index in [0.717, 1.165) is 0 Å². The van der Waals surface area contributed by atoms with Crippen molar-refractivity contribution in [3.05, 3.63) is 0 Å². The summed E-state index contributed by atoms with van der Waals surface area (Å²) in [6.07, 6.45) is 0.711. The van der Waals surface area contributed by atoms with Gasteiger partial charge in [0, 0.05) is 0 Å². The molecule has 0 aliphatic rings. The van der Waals surface area contributed by atoms with E-state index in [4.69, 9.17) is 5.73 Å². The Morgan fingerprint density at radius 2 is 2.00 bits per heavy atom. The maximum Gasteiger partial charge on any atom is 0.149 e. The molecule has 2 N–H and O–H groups in total. The Bertz CT molecular complexity index is 101. The molecule has 0 spiro atoms. The topological polar surface area (TPSA) is 43.1 Å². The van der Waals surface area contributed by atoms with Crippen molar-refractivity contribution >= 4 is 18.2 Å². The van der Waals surface area contributed by atoms with Gasteiger partial charge < -0.3 is 5.73 Å². The van der Waals surface area contributed by atoms with Crippen LogP contribution >= 0.6 is 12.4 Å². The van der Waals surface area contributed by atoms with Crippen molar-refractivity contribution < 1.29 is 4.79 Å². The molecule has 0 aromatic carbocycles. The number of carbonyl (C=O) groups is 1. The Morgan fingerprint density at radius 3 is 2.00 bits per heavy atom. The summed E-state index contributed by atoms with van der Waals surface area (Å²) in [6.45, 7) is 5.17. The maximum atomic E-state index is 10.6. The van der Waals surface area contributed by atoms with Crippen LogP contribution in [-0.4, -0.2) is 11.3 Å². The van der Waals surface area contributed by atoms with Crippen LogP contribution in [0.4, 0.5) is 0 Å². The van der Waals surface area contributed by atoms with Crippen LogP contribution in [0.25, 0.3) is 0 Å². The molecule has 0 amide bonds. The summed E-state index contributed by atoms with van der Waals surface area (Å²) in [6, 6.07) is 0. The molecule has 0 radical (unpaired) electrons. The number of ketones is 1. The van der Waals surface area contributed by atoms with Gasteiger partial charge in [0.05, 0.1) is 5.54 Å². The summed E-state index contributed by atoms with van der Waals surface area (Å²) < 4.78 is 0. The van der Waals surface area contributed by atoms with Gasteiger partial charge in [0.1, 0.15) is 5.78 Å². The molecule has 0 aromatic heterocycles. The minimum atomic E-state index is -0.597. The fourth-order valence-electron chi connectivity index (χ4n) is 0.249. The van der Waals surface area contributed by atoms with E-state index in [0.29, 0.717) is 6.42 Å². The van der Waals surface area contributed by atoms with Crippen molar-refractivity contribution in [3.63, 3.8) is 0 Å². The fraction of sp³-hybridized carbons (Fsp3) is 0.833. The van der Waals surface area contributed by atoms with E-state index in [1.54, 1.807) is 6.92 Å². The largest absolute Gasteiger partial charge is 0.319 e. The first-order valence-corrected chi connectivity index (χ1v) is 2.80. The molecule has 0 saturated heterocycles. The van der Waals surface area contributed by atoms with E-state index in [-0.39, 0.29) is 18.2 Å². The zero-order valence-corrected chi connectivity index (χ0v) is 6.92. The smallest absolute Gasteiger partial charge is 0.149 e. The van der Waals surface area contributed by atoms with E-state index < -0.39 is 5.54 Å². The third-order valence-electron chi connectivity index (χ3n) is 1.54. The lowest BCUT2D eigenvalue weighted by Crippen LogP contribution is -2.42. The van der Waals surface area contributed by atoms with Gasteiger partial charge in [-0.05, 0) is 20.3 Å². The second-order valence-corrected chi connectivity index (χ2v) is 2.33. The molecule has 0 bridgehead atoms. The highest BCUT2D eigenvalue weighted by Gasteiger charge is 2.20. The molecule has 56 valence electrons. The van der Waals surface area contributed by atoms with Crippen LogP contribution in [0.5, 0.6) is 0 Å².